The van der Waals surface area contributed by atoms with E-state index in [0.29, 0.717) is 4.68 Å². The quantitative estimate of drug-likeness (QED) is 0.636. The van der Waals surface area contributed by atoms with Crippen LogP contribution in [0.4, 0.5) is 18.9 Å². The minimum absolute atomic E-state index is 0.0848. The van der Waals surface area contributed by atoms with E-state index in [9.17, 15) is 18.0 Å². The molecule has 1 amide bonds. The van der Waals surface area contributed by atoms with Crippen molar-refractivity contribution in [3.05, 3.63) is 76.0 Å². The number of carbonyl (C=O) groups excluding carboxylic acids is 1. The Bertz CT molecular complexity index is 970. The van der Waals surface area contributed by atoms with Gasteiger partial charge in [-0.25, -0.2) is 4.68 Å². The van der Waals surface area contributed by atoms with E-state index >= 15 is 0 Å². The van der Waals surface area contributed by atoms with Gasteiger partial charge in [-0.05, 0) is 30.3 Å². The van der Waals surface area contributed by atoms with Crippen LogP contribution in [0.3, 0.4) is 0 Å². The zero-order valence-electron chi connectivity index (χ0n) is 12.9. The highest BCUT2D eigenvalue weighted by Crippen LogP contribution is 2.34. The van der Waals surface area contributed by atoms with E-state index in [1.807, 2.05) is 0 Å². The summed E-state index contributed by atoms with van der Waals surface area (Å²) in [6, 6.07) is 12.0. The van der Waals surface area contributed by atoms with Gasteiger partial charge in [-0.3, -0.25) is 4.79 Å². The van der Waals surface area contributed by atoms with Crippen LogP contribution in [0, 0.1) is 0 Å². The fraction of sp³-hybridized carbons (Fsp3) is 0.0588. The minimum atomic E-state index is -4.81. The smallest absolute Gasteiger partial charge is 0.321 e. The molecular weight excluding hydrogens is 390 g/mol. The van der Waals surface area contributed by atoms with E-state index in [4.69, 9.17) is 23.2 Å². The Morgan fingerprint density at radius 1 is 1.08 bits per heavy atom. The number of hydrogen-bond donors (Lipinski definition) is 1. The highest BCUT2D eigenvalue weighted by atomic mass is 35.5. The van der Waals surface area contributed by atoms with Crippen LogP contribution in [0.15, 0.2) is 54.7 Å². The molecule has 0 bridgehead atoms. The molecule has 0 saturated heterocycles. The highest BCUT2D eigenvalue weighted by Gasteiger charge is 2.40. The number of aromatic nitrogens is 2. The van der Waals surface area contributed by atoms with Gasteiger partial charge in [-0.1, -0.05) is 41.4 Å². The fourth-order valence-corrected chi connectivity index (χ4v) is 2.71. The number of hydrogen-bond acceptors (Lipinski definition) is 2. The number of nitrogens with one attached hydrogen (secondary N) is 1. The summed E-state index contributed by atoms with van der Waals surface area (Å²) < 4.78 is 41.5. The second-order valence-electron chi connectivity index (χ2n) is 5.23. The molecule has 0 aliphatic heterocycles. The van der Waals surface area contributed by atoms with Gasteiger partial charge in [0.05, 0.1) is 28.2 Å². The van der Waals surface area contributed by atoms with Crippen molar-refractivity contribution in [1.82, 2.24) is 9.78 Å². The van der Waals surface area contributed by atoms with Crippen LogP contribution >= 0.6 is 23.2 Å². The van der Waals surface area contributed by atoms with Crippen LogP contribution in [0.1, 0.15) is 16.1 Å². The first-order chi connectivity index (χ1) is 12.3. The maximum atomic E-state index is 13.6. The van der Waals surface area contributed by atoms with Crippen molar-refractivity contribution < 1.29 is 18.0 Å². The molecule has 3 rings (SSSR count). The third-order valence-corrected chi connectivity index (χ3v) is 4.02. The number of benzene rings is 2. The van der Waals surface area contributed by atoms with Crippen molar-refractivity contribution in [2.45, 2.75) is 6.18 Å². The van der Waals surface area contributed by atoms with E-state index in [2.05, 4.69) is 10.4 Å². The molecule has 0 atom stereocenters. The summed E-state index contributed by atoms with van der Waals surface area (Å²) in [5, 5.41) is 6.54. The molecule has 3 aromatic rings. The molecule has 26 heavy (non-hydrogen) atoms. The molecule has 9 heteroatoms. The number of para-hydroxylation sites is 1. The van der Waals surface area contributed by atoms with Gasteiger partial charge < -0.3 is 5.32 Å². The normalized spacial score (nSPS) is 11.4. The van der Waals surface area contributed by atoms with Crippen LogP contribution in [-0.2, 0) is 6.18 Å². The third kappa shape index (κ3) is 3.68. The van der Waals surface area contributed by atoms with E-state index in [0.717, 1.165) is 6.20 Å². The zero-order valence-corrected chi connectivity index (χ0v) is 14.4. The predicted octanol–water partition coefficient (Wildman–Crippen LogP) is 5.45. The average Bonchev–Trinajstić information content (AvgIpc) is 3.02. The van der Waals surface area contributed by atoms with E-state index in [1.165, 1.54) is 36.4 Å². The van der Waals surface area contributed by atoms with Crippen molar-refractivity contribution in [3.8, 4) is 5.69 Å². The van der Waals surface area contributed by atoms with Crippen molar-refractivity contribution in [3.63, 3.8) is 0 Å². The Labute approximate surface area is 156 Å². The maximum absolute atomic E-state index is 13.6. The summed E-state index contributed by atoms with van der Waals surface area (Å²) in [5.41, 5.74) is -1.55. The zero-order chi connectivity index (χ0) is 18.9. The molecule has 0 unspecified atom stereocenters. The fourth-order valence-electron chi connectivity index (χ4n) is 2.34. The van der Waals surface area contributed by atoms with Crippen molar-refractivity contribution in [1.29, 1.82) is 0 Å². The lowest BCUT2D eigenvalue weighted by atomic mass is 10.2. The van der Waals surface area contributed by atoms with Gasteiger partial charge in [0.15, 0.2) is 5.69 Å². The topological polar surface area (TPSA) is 46.9 Å². The maximum Gasteiger partial charge on any atom is 0.434 e. The molecule has 2 aromatic carbocycles. The largest absolute Gasteiger partial charge is 0.434 e. The summed E-state index contributed by atoms with van der Waals surface area (Å²) in [6.45, 7) is 0. The summed E-state index contributed by atoms with van der Waals surface area (Å²) in [6.07, 6.45) is -3.96. The van der Waals surface area contributed by atoms with Gasteiger partial charge in [-0.2, -0.15) is 18.3 Å². The third-order valence-electron chi connectivity index (χ3n) is 3.46. The summed E-state index contributed by atoms with van der Waals surface area (Å²) in [7, 11) is 0. The number of amides is 1. The van der Waals surface area contributed by atoms with Crippen molar-refractivity contribution in [2.24, 2.45) is 0 Å². The molecular formula is C17H10Cl2F3N3O. The Morgan fingerprint density at radius 3 is 2.46 bits per heavy atom. The van der Waals surface area contributed by atoms with Crippen LogP contribution in [0.5, 0.6) is 0 Å². The monoisotopic (exact) mass is 399 g/mol. The van der Waals surface area contributed by atoms with E-state index < -0.39 is 23.3 Å². The minimum Gasteiger partial charge on any atom is -0.321 e. The Hall–Kier alpha value is -2.51. The molecule has 0 spiro atoms. The lowest BCUT2D eigenvalue weighted by Crippen LogP contribution is -2.20. The van der Waals surface area contributed by atoms with Gasteiger partial charge in [0.1, 0.15) is 0 Å². The first-order valence-corrected chi connectivity index (χ1v) is 8.00. The molecule has 0 aliphatic carbocycles. The lowest BCUT2D eigenvalue weighted by molar-refractivity contribution is -0.143. The molecule has 0 saturated carbocycles. The van der Waals surface area contributed by atoms with Crippen molar-refractivity contribution >= 4 is 34.8 Å². The van der Waals surface area contributed by atoms with Crippen LogP contribution in [0.2, 0.25) is 10.0 Å². The van der Waals surface area contributed by atoms with Crippen LogP contribution in [-0.4, -0.2) is 15.7 Å². The number of halogens is 5. The van der Waals surface area contributed by atoms with Gasteiger partial charge in [0.2, 0.25) is 0 Å². The van der Waals surface area contributed by atoms with Gasteiger partial charge in [-0.15, -0.1) is 0 Å². The van der Waals surface area contributed by atoms with Gasteiger partial charge in [0.25, 0.3) is 5.91 Å². The van der Waals surface area contributed by atoms with Crippen LogP contribution in [0.25, 0.3) is 5.69 Å². The van der Waals surface area contributed by atoms with E-state index in [-0.39, 0.29) is 21.4 Å². The lowest BCUT2D eigenvalue weighted by Gasteiger charge is -2.13. The van der Waals surface area contributed by atoms with Crippen LogP contribution < -0.4 is 5.32 Å². The Kier molecular flexibility index (Phi) is 4.93. The predicted molar refractivity (Wildman–Crippen MR) is 93.0 cm³/mol. The van der Waals surface area contributed by atoms with Crippen molar-refractivity contribution in [2.75, 3.05) is 5.32 Å². The summed E-state index contributed by atoms with van der Waals surface area (Å²) in [5.74, 6) is -0.973. The second kappa shape index (κ2) is 7.01. The average molecular weight is 400 g/mol. The number of anilines is 1. The molecule has 0 radical (unpaired) electrons. The molecule has 1 heterocycles. The van der Waals surface area contributed by atoms with Gasteiger partial charge >= 0.3 is 6.18 Å². The first kappa shape index (κ1) is 18.3. The second-order valence-corrected chi connectivity index (χ2v) is 6.07. The standard InChI is InChI=1S/C17H10Cl2F3N3O/c18-10-4-3-5-11(8-10)25-15(17(20,21)22)12(9-23-25)16(26)24-14-7-2-1-6-13(14)19/h1-9H,(H,24,26). The SMILES string of the molecule is O=C(Nc1ccccc1Cl)c1cnn(-c2cccc(Cl)c2)c1C(F)(F)F. The van der Waals surface area contributed by atoms with Gasteiger partial charge in [0, 0.05) is 5.02 Å². The molecule has 4 nitrogen and oxygen atoms in total. The number of carbonyl (C=O) groups is 1. The number of alkyl halides is 3. The molecule has 134 valence electrons. The molecule has 1 N–H and O–H groups in total. The molecule has 1 aromatic heterocycles. The molecule has 0 aliphatic rings. The Morgan fingerprint density at radius 2 is 1.81 bits per heavy atom. The number of rotatable bonds is 3. The Balaban J connectivity index is 2.05. The first-order valence-electron chi connectivity index (χ1n) is 7.24. The summed E-state index contributed by atoms with van der Waals surface area (Å²) >= 11 is 11.8. The number of nitrogens with zero attached hydrogens (tertiary/aromatic N) is 2. The molecule has 0 fully saturated rings. The van der Waals surface area contributed by atoms with E-state index in [1.54, 1.807) is 12.1 Å². The highest BCUT2D eigenvalue weighted by molar-refractivity contribution is 6.34. The summed E-state index contributed by atoms with van der Waals surface area (Å²) in [4.78, 5) is 12.4.